The minimum atomic E-state index is -3.36. The molecule has 2 fully saturated rings. The Morgan fingerprint density at radius 1 is 1.00 bits per heavy atom. The molecule has 140 valence electrons. The van der Waals surface area contributed by atoms with Crippen LogP contribution in [0.25, 0.3) is 0 Å². The number of hydrogen-bond donors (Lipinski definition) is 0. The molecule has 2 aliphatic rings. The predicted molar refractivity (Wildman–Crippen MR) is 100 cm³/mol. The number of ether oxygens (including phenoxy) is 1. The summed E-state index contributed by atoms with van der Waals surface area (Å²) in [6.07, 6.45) is 5.47. The van der Waals surface area contributed by atoms with E-state index in [0.717, 1.165) is 37.1 Å². The van der Waals surface area contributed by atoms with Crippen LogP contribution in [0.1, 0.15) is 32.1 Å². The summed E-state index contributed by atoms with van der Waals surface area (Å²) in [5.74, 6) is 0.832. The van der Waals surface area contributed by atoms with Crippen LogP contribution in [0.2, 0.25) is 0 Å². The zero-order valence-corrected chi connectivity index (χ0v) is 16.0. The molecule has 6 nitrogen and oxygen atoms in total. The Morgan fingerprint density at radius 2 is 1.60 bits per heavy atom. The van der Waals surface area contributed by atoms with E-state index in [2.05, 4.69) is 4.90 Å². The van der Waals surface area contributed by atoms with Crippen molar-refractivity contribution in [2.24, 2.45) is 0 Å². The van der Waals surface area contributed by atoms with Crippen molar-refractivity contribution in [1.82, 2.24) is 8.61 Å². The van der Waals surface area contributed by atoms with Crippen molar-refractivity contribution in [2.75, 3.05) is 45.2 Å². The minimum Gasteiger partial charge on any atom is -0.497 e. The number of hydrogen-bond acceptors (Lipinski definition) is 4. The molecule has 1 saturated heterocycles. The van der Waals surface area contributed by atoms with Gasteiger partial charge >= 0.3 is 0 Å². The molecular formula is C18H29N3O3S. The van der Waals surface area contributed by atoms with Crippen LogP contribution in [0.3, 0.4) is 0 Å². The number of anilines is 1. The van der Waals surface area contributed by atoms with Gasteiger partial charge in [-0.2, -0.15) is 17.0 Å². The summed E-state index contributed by atoms with van der Waals surface area (Å²) < 4.78 is 34.3. The maximum atomic E-state index is 12.9. The van der Waals surface area contributed by atoms with E-state index < -0.39 is 10.2 Å². The number of piperazine rings is 1. The first kappa shape index (κ1) is 18.5. The number of methoxy groups -OCH3 is 1. The van der Waals surface area contributed by atoms with Gasteiger partial charge in [0, 0.05) is 45.0 Å². The van der Waals surface area contributed by atoms with Crippen molar-refractivity contribution in [1.29, 1.82) is 0 Å². The van der Waals surface area contributed by atoms with Crippen molar-refractivity contribution >= 4 is 15.9 Å². The third kappa shape index (κ3) is 4.10. The summed E-state index contributed by atoms with van der Waals surface area (Å²) in [5.41, 5.74) is 1.11. The highest BCUT2D eigenvalue weighted by atomic mass is 32.2. The van der Waals surface area contributed by atoms with E-state index in [-0.39, 0.29) is 6.04 Å². The Balaban J connectivity index is 1.60. The highest BCUT2D eigenvalue weighted by molar-refractivity contribution is 7.86. The largest absolute Gasteiger partial charge is 0.497 e. The summed E-state index contributed by atoms with van der Waals surface area (Å²) in [6, 6.07) is 8.09. The summed E-state index contributed by atoms with van der Waals surface area (Å²) in [4.78, 5) is 2.23. The fraction of sp³-hybridized carbons (Fsp3) is 0.667. The van der Waals surface area contributed by atoms with Crippen LogP contribution < -0.4 is 9.64 Å². The van der Waals surface area contributed by atoms with Gasteiger partial charge in [-0.3, -0.25) is 0 Å². The summed E-state index contributed by atoms with van der Waals surface area (Å²) in [7, 11) is 0.0474. The molecule has 0 radical (unpaired) electrons. The number of rotatable bonds is 5. The van der Waals surface area contributed by atoms with Crippen LogP contribution in [0.4, 0.5) is 5.69 Å². The van der Waals surface area contributed by atoms with Crippen LogP contribution in [0.5, 0.6) is 5.75 Å². The molecule has 0 aromatic heterocycles. The average Bonchev–Trinajstić information content (AvgIpc) is 2.68. The lowest BCUT2D eigenvalue weighted by molar-refractivity contribution is 0.259. The first-order valence-electron chi connectivity index (χ1n) is 9.14. The molecule has 1 aromatic rings. The maximum absolute atomic E-state index is 12.9. The fourth-order valence-corrected chi connectivity index (χ4v) is 5.36. The Labute approximate surface area is 151 Å². The second-order valence-electron chi connectivity index (χ2n) is 6.90. The average molecular weight is 368 g/mol. The molecule has 0 N–H and O–H groups in total. The molecule has 0 spiro atoms. The second-order valence-corrected chi connectivity index (χ2v) is 8.89. The topological polar surface area (TPSA) is 53.1 Å². The van der Waals surface area contributed by atoms with Crippen molar-refractivity contribution in [3.63, 3.8) is 0 Å². The number of nitrogens with zero attached hydrogens (tertiary/aromatic N) is 3. The van der Waals surface area contributed by atoms with Gasteiger partial charge in [0.2, 0.25) is 0 Å². The quantitative estimate of drug-likeness (QED) is 0.801. The van der Waals surface area contributed by atoms with E-state index in [0.29, 0.717) is 26.2 Å². The highest BCUT2D eigenvalue weighted by Crippen LogP contribution is 2.26. The molecule has 0 bridgehead atoms. The van der Waals surface area contributed by atoms with Gasteiger partial charge in [-0.15, -0.1) is 0 Å². The summed E-state index contributed by atoms with van der Waals surface area (Å²) in [6.45, 7) is 2.49. The second kappa shape index (κ2) is 7.93. The Bertz CT molecular complexity index is 649. The van der Waals surface area contributed by atoms with Gasteiger partial charge in [-0.05, 0) is 37.1 Å². The normalized spacial score (nSPS) is 20.8. The molecule has 1 saturated carbocycles. The fourth-order valence-electron chi connectivity index (χ4n) is 3.79. The SMILES string of the molecule is COc1ccc(N2CCN(S(=O)(=O)N(C)C3CCCCC3)CC2)cc1. The molecule has 1 aliphatic heterocycles. The first-order chi connectivity index (χ1) is 12.0. The third-order valence-corrected chi connectivity index (χ3v) is 7.50. The molecule has 0 amide bonds. The van der Waals surface area contributed by atoms with Crippen LogP contribution in [0.15, 0.2) is 24.3 Å². The lowest BCUT2D eigenvalue weighted by atomic mass is 9.96. The van der Waals surface area contributed by atoms with Crippen LogP contribution in [-0.4, -0.2) is 63.4 Å². The van der Waals surface area contributed by atoms with E-state index >= 15 is 0 Å². The minimum absolute atomic E-state index is 0.165. The lowest BCUT2D eigenvalue weighted by Gasteiger charge is -2.39. The van der Waals surface area contributed by atoms with Crippen LogP contribution in [0, 0.1) is 0 Å². The lowest BCUT2D eigenvalue weighted by Crippen LogP contribution is -2.54. The van der Waals surface area contributed by atoms with Gasteiger partial charge in [0.1, 0.15) is 5.75 Å². The zero-order chi connectivity index (χ0) is 17.9. The van der Waals surface area contributed by atoms with Crippen LogP contribution in [-0.2, 0) is 10.2 Å². The van der Waals surface area contributed by atoms with E-state index in [1.165, 1.54) is 6.42 Å². The number of benzene rings is 1. The van der Waals surface area contributed by atoms with Gasteiger partial charge < -0.3 is 9.64 Å². The van der Waals surface area contributed by atoms with E-state index in [1.807, 2.05) is 24.3 Å². The molecule has 1 heterocycles. The third-order valence-electron chi connectivity index (χ3n) is 5.46. The van der Waals surface area contributed by atoms with Gasteiger partial charge in [0.25, 0.3) is 10.2 Å². The van der Waals surface area contributed by atoms with Crippen molar-refractivity contribution in [3.05, 3.63) is 24.3 Å². The molecule has 7 heteroatoms. The molecule has 0 atom stereocenters. The van der Waals surface area contributed by atoms with Crippen molar-refractivity contribution < 1.29 is 13.2 Å². The van der Waals surface area contributed by atoms with Crippen molar-refractivity contribution in [3.8, 4) is 5.75 Å². The van der Waals surface area contributed by atoms with Gasteiger partial charge in [-0.25, -0.2) is 0 Å². The van der Waals surface area contributed by atoms with E-state index in [4.69, 9.17) is 4.74 Å². The van der Waals surface area contributed by atoms with Gasteiger partial charge in [0.15, 0.2) is 0 Å². The van der Waals surface area contributed by atoms with Gasteiger partial charge in [0.05, 0.1) is 7.11 Å². The van der Waals surface area contributed by atoms with E-state index in [9.17, 15) is 8.42 Å². The molecule has 1 aliphatic carbocycles. The molecule has 0 unspecified atom stereocenters. The zero-order valence-electron chi connectivity index (χ0n) is 15.2. The monoisotopic (exact) mass is 367 g/mol. The standard InChI is InChI=1S/C18H29N3O3S/c1-19(16-6-4-3-5-7-16)25(22,23)21-14-12-20(13-15-21)17-8-10-18(24-2)11-9-17/h8-11,16H,3-7,12-15H2,1-2H3. The molecular weight excluding hydrogens is 338 g/mol. The molecule has 3 rings (SSSR count). The summed E-state index contributed by atoms with van der Waals surface area (Å²) in [5, 5.41) is 0. The first-order valence-corrected chi connectivity index (χ1v) is 10.5. The van der Waals surface area contributed by atoms with Gasteiger partial charge in [-0.1, -0.05) is 19.3 Å². The molecule has 25 heavy (non-hydrogen) atoms. The highest BCUT2D eigenvalue weighted by Gasteiger charge is 2.34. The Kier molecular flexibility index (Phi) is 5.86. The smallest absolute Gasteiger partial charge is 0.282 e. The van der Waals surface area contributed by atoms with Crippen LogP contribution >= 0.6 is 0 Å². The van der Waals surface area contributed by atoms with E-state index in [1.54, 1.807) is 22.8 Å². The van der Waals surface area contributed by atoms with Crippen molar-refractivity contribution in [2.45, 2.75) is 38.1 Å². The predicted octanol–water partition coefficient (Wildman–Crippen LogP) is 2.33. The Hall–Kier alpha value is -1.31. The Morgan fingerprint density at radius 3 is 2.16 bits per heavy atom. The maximum Gasteiger partial charge on any atom is 0.282 e. The summed E-state index contributed by atoms with van der Waals surface area (Å²) >= 11 is 0. The molecule has 1 aromatic carbocycles.